The molecule has 1 aromatic carbocycles. The third-order valence-corrected chi connectivity index (χ3v) is 5.68. The van der Waals surface area contributed by atoms with Crippen molar-refractivity contribution < 1.29 is 14.3 Å². The van der Waals surface area contributed by atoms with E-state index in [1.165, 1.54) is 0 Å². The molecule has 0 radical (unpaired) electrons. The molecule has 1 aliphatic heterocycles. The summed E-state index contributed by atoms with van der Waals surface area (Å²) >= 11 is 0. The molecule has 1 heterocycles. The van der Waals surface area contributed by atoms with Gasteiger partial charge in [-0.15, -0.1) is 0 Å². The summed E-state index contributed by atoms with van der Waals surface area (Å²) in [5.41, 5.74) is 1.14. The third-order valence-electron chi connectivity index (χ3n) is 5.68. The van der Waals surface area contributed by atoms with Gasteiger partial charge in [-0.2, -0.15) is 0 Å². The number of hydrogen-bond acceptors (Lipinski definition) is 3. The molecule has 3 fully saturated rings. The number of hydrogen-bond donors (Lipinski definition) is 0. The van der Waals surface area contributed by atoms with E-state index in [0.717, 1.165) is 31.2 Å². The van der Waals surface area contributed by atoms with E-state index in [2.05, 4.69) is 12.1 Å². The second-order valence-corrected chi connectivity index (χ2v) is 6.92. The maximum atomic E-state index is 12.6. The van der Waals surface area contributed by atoms with Gasteiger partial charge in [-0.3, -0.25) is 9.59 Å². The van der Waals surface area contributed by atoms with Crippen molar-refractivity contribution in [1.29, 1.82) is 0 Å². The maximum absolute atomic E-state index is 12.6. The molecule has 0 amide bonds. The standard InChI is InChI=1S/C19H22O3/c20-13-8-4-10-15-18(13)17(12-6-2-1-3-7-12)19-14(21)9-5-11-16(19)22-15/h1-3,6-7,15-19H,4-5,8-11H2. The van der Waals surface area contributed by atoms with Gasteiger partial charge >= 0.3 is 0 Å². The molecule has 1 aromatic rings. The van der Waals surface area contributed by atoms with E-state index < -0.39 is 0 Å². The third kappa shape index (κ3) is 2.23. The molecular weight excluding hydrogens is 276 g/mol. The van der Waals surface area contributed by atoms with Crippen molar-refractivity contribution in [3.63, 3.8) is 0 Å². The topological polar surface area (TPSA) is 43.4 Å². The highest BCUT2D eigenvalue weighted by Crippen LogP contribution is 2.49. The van der Waals surface area contributed by atoms with E-state index in [1.807, 2.05) is 18.2 Å². The largest absolute Gasteiger partial charge is 0.373 e. The normalized spacial score (nSPS) is 38.3. The number of fused-ring (bicyclic) bond motifs is 2. The second-order valence-electron chi connectivity index (χ2n) is 6.92. The van der Waals surface area contributed by atoms with E-state index in [1.54, 1.807) is 0 Å². The Balaban J connectivity index is 1.79. The first kappa shape index (κ1) is 14.1. The van der Waals surface area contributed by atoms with Crippen molar-refractivity contribution in [3.8, 4) is 0 Å². The zero-order valence-corrected chi connectivity index (χ0v) is 12.7. The van der Waals surface area contributed by atoms with E-state index >= 15 is 0 Å². The van der Waals surface area contributed by atoms with Crippen LogP contribution in [0.2, 0.25) is 0 Å². The van der Waals surface area contributed by atoms with Gasteiger partial charge in [-0.1, -0.05) is 30.3 Å². The Bertz CT molecular complexity index is 548. The van der Waals surface area contributed by atoms with Crippen LogP contribution in [0.3, 0.4) is 0 Å². The summed E-state index contributed by atoms with van der Waals surface area (Å²) in [6.07, 6.45) is 5.06. The SMILES string of the molecule is O=C1CCCC2OC3CCCC(=O)C3C(c3ccccc3)C12. The summed E-state index contributed by atoms with van der Waals surface area (Å²) in [5.74, 6) is 0.355. The average Bonchev–Trinajstić information content (AvgIpc) is 2.54. The first-order valence-corrected chi connectivity index (χ1v) is 8.51. The van der Waals surface area contributed by atoms with Crippen LogP contribution in [-0.2, 0) is 14.3 Å². The Morgan fingerprint density at radius 2 is 1.32 bits per heavy atom. The summed E-state index contributed by atoms with van der Waals surface area (Å²) in [5, 5.41) is 0. The summed E-state index contributed by atoms with van der Waals surface area (Å²) in [6.45, 7) is 0. The Morgan fingerprint density at radius 3 is 1.86 bits per heavy atom. The highest BCUT2D eigenvalue weighted by Gasteiger charge is 2.53. The van der Waals surface area contributed by atoms with Crippen molar-refractivity contribution in [2.75, 3.05) is 0 Å². The number of carbonyl (C=O) groups is 2. The van der Waals surface area contributed by atoms with Crippen LogP contribution in [0.5, 0.6) is 0 Å². The summed E-state index contributed by atoms with van der Waals surface area (Å²) in [4.78, 5) is 25.2. The van der Waals surface area contributed by atoms with E-state index in [0.29, 0.717) is 24.4 Å². The summed E-state index contributed by atoms with van der Waals surface area (Å²) in [6, 6.07) is 10.2. The van der Waals surface area contributed by atoms with Gasteiger partial charge < -0.3 is 4.74 Å². The molecule has 2 aliphatic carbocycles. The Labute approximate surface area is 131 Å². The van der Waals surface area contributed by atoms with Crippen molar-refractivity contribution >= 4 is 11.6 Å². The van der Waals surface area contributed by atoms with Crippen molar-refractivity contribution in [2.45, 2.75) is 56.7 Å². The Hall–Kier alpha value is -1.48. The molecule has 4 rings (SSSR count). The fourth-order valence-corrected chi connectivity index (χ4v) is 4.77. The predicted molar refractivity (Wildman–Crippen MR) is 82.5 cm³/mol. The number of ether oxygens (including phenoxy) is 1. The lowest BCUT2D eigenvalue weighted by Crippen LogP contribution is -2.54. The van der Waals surface area contributed by atoms with Gasteiger partial charge in [0.1, 0.15) is 11.6 Å². The lowest BCUT2D eigenvalue weighted by Gasteiger charge is -2.49. The monoisotopic (exact) mass is 298 g/mol. The minimum atomic E-state index is -0.126. The van der Waals surface area contributed by atoms with Crippen LogP contribution < -0.4 is 0 Å². The first-order valence-electron chi connectivity index (χ1n) is 8.51. The number of benzene rings is 1. The first-order chi connectivity index (χ1) is 10.8. The highest BCUT2D eigenvalue weighted by molar-refractivity contribution is 5.88. The summed E-state index contributed by atoms with van der Waals surface area (Å²) < 4.78 is 6.25. The average molecular weight is 298 g/mol. The smallest absolute Gasteiger partial charge is 0.139 e. The van der Waals surface area contributed by atoms with Gasteiger partial charge in [0.25, 0.3) is 0 Å². The van der Waals surface area contributed by atoms with Crippen molar-refractivity contribution in [1.82, 2.24) is 0 Å². The molecule has 0 aromatic heterocycles. The number of carbonyl (C=O) groups excluding carboxylic acids is 2. The summed E-state index contributed by atoms with van der Waals surface area (Å²) in [7, 11) is 0. The Morgan fingerprint density at radius 1 is 0.773 bits per heavy atom. The molecule has 3 aliphatic rings. The molecule has 4 atom stereocenters. The number of Topliss-reactive ketones (excluding diaryl/α,β-unsaturated/α-hetero) is 2. The number of ketones is 2. The molecular formula is C19H22O3. The van der Waals surface area contributed by atoms with Crippen LogP contribution in [0.1, 0.15) is 50.0 Å². The van der Waals surface area contributed by atoms with Crippen LogP contribution in [0, 0.1) is 11.8 Å². The molecule has 2 saturated carbocycles. The molecule has 116 valence electrons. The maximum Gasteiger partial charge on any atom is 0.139 e. The van der Waals surface area contributed by atoms with E-state index in [4.69, 9.17) is 4.74 Å². The minimum Gasteiger partial charge on any atom is -0.373 e. The molecule has 3 nitrogen and oxygen atoms in total. The van der Waals surface area contributed by atoms with Gasteiger partial charge in [0.2, 0.25) is 0 Å². The molecule has 0 N–H and O–H groups in total. The van der Waals surface area contributed by atoms with Crippen LogP contribution in [0.25, 0.3) is 0 Å². The molecule has 1 saturated heterocycles. The van der Waals surface area contributed by atoms with Gasteiger partial charge in [0.05, 0.1) is 24.0 Å². The molecule has 4 unspecified atom stereocenters. The van der Waals surface area contributed by atoms with Crippen molar-refractivity contribution in [3.05, 3.63) is 35.9 Å². The molecule has 0 spiro atoms. The quantitative estimate of drug-likeness (QED) is 0.799. The molecule has 3 heteroatoms. The second kappa shape index (κ2) is 5.62. The van der Waals surface area contributed by atoms with Crippen LogP contribution in [0.4, 0.5) is 0 Å². The van der Waals surface area contributed by atoms with Crippen LogP contribution in [-0.4, -0.2) is 23.8 Å². The minimum absolute atomic E-state index is 0.0126. The van der Waals surface area contributed by atoms with Crippen LogP contribution in [0.15, 0.2) is 30.3 Å². The van der Waals surface area contributed by atoms with Gasteiger partial charge in [-0.25, -0.2) is 0 Å². The zero-order chi connectivity index (χ0) is 15.1. The fraction of sp³-hybridized carbons (Fsp3) is 0.579. The lowest BCUT2D eigenvalue weighted by atomic mass is 9.62. The fourth-order valence-electron chi connectivity index (χ4n) is 4.77. The van der Waals surface area contributed by atoms with Crippen LogP contribution >= 0.6 is 0 Å². The van der Waals surface area contributed by atoms with Crippen molar-refractivity contribution in [2.24, 2.45) is 11.8 Å². The van der Waals surface area contributed by atoms with Gasteiger partial charge in [0.15, 0.2) is 0 Å². The number of rotatable bonds is 1. The van der Waals surface area contributed by atoms with E-state index in [9.17, 15) is 9.59 Å². The zero-order valence-electron chi connectivity index (χ0n) is 12.7. The molecule has 22 heavy (non-hydrogen) atoms. The van der Waals surface area contributed by atoms with Gasteiger partial charge in [0, 0.05) is 18.8 Å². The predicted octanol–water partition coefficient (Wildman–Crippen LogP) is 3.28. The van der Waals surface area contributed by atoms with Gasteiger partial charge in [-0.05, 0) is 31.2 Å². The lowest BCUT2D eigenvalue weighted by molar-refractivity contribution is -0.171. The highest BCUT2D eigenvalue weighted by atomic mass is 16.5. The molecule has 0 bridgehead atoms. The van der Waals surface area contributed by atoms with E-state index in [-0.39, 0.29) is 30.0 Å². The Kier molecular flexibility index (Phi) is 3.61.